The molecule has 0 aliphatic heterocycles. The van der Waals surface area contributed by atoms with Crippen LogP contribution in [0.2, 0.25) is 0 Å². The molecule has 0 radical (unpaired) electrons. The summed E-state index contributed by atoms with van der Waals surface area (Å²) in [5, 5.41) is 22.8. The zero-order valence-corrected chi connectivity index (χ0v) is 26.3. The summed E-state index contributed by atoms with van der Waals surface area (Å²) >= 11 is 0. The largest absolute Gasteiger partial charge is 0.480 e. The van der Waals surface area contributed by atoms with E-state index < -0.39 is 34.2 Å². The molecule has 0 aliphatic rings. The van der Waals surface area contributed by atoms with Gasteiger partial charge in [0.05, 0.1) is 6.26 Å². The van der Waals surface area contributed by atoms with E-state index in [0.717, 1.165) is 46.7 Å². The standard InChI is InChI=1S/C25H29NO6S.C6H14N4O2/c1-3-31-24(25(27)28)6-4-5-18-8-12-22(13-9-18)26-17-19-7-10-21-16-23(32-33(2,29)30)14-11-20(21)15-19;7-4(5(11)12)2-1-3-10-6(8)9/h7-16,24,26H,3-6,17H2,1-2H3,(H,27,28);4H,1-3,7H2,(H,11,12)(H4,8,9,10). The average Bonchev–Trinajstić information content (AvgIpc) is 2.97. The van der Waals surface area contributed by atoms with Crippen molar-refractivity contribution >= 4 is 44.5 Å². The average molecular weight is 646 g/mol. The van der Waals surface area contributed by atoms with Crippen molar-refractivity contribution in [3.63, 3.8) is 0 Å². The summed E-state index contributed by atoms with van der Waals surface area (Å²) in [6.45, 7) is 3.26. The van der Waals surface area contributed by atoms with Crippen molar-refractivity contribution < 1.29 is 37.1 Å². The molecule has 45 heavy (non-hydrogen) atoms. The normalized spacial score (nSPS) is 12.3. The van der Waals surface area contributed by atoms with E-state index in [1.54, 1.807) is 19.1 Å². The molecule has 3 aromatic carbocycles. The molecule has 0 fully saturated rings. The highest BCUT2D eigenvalue weighted by molar-refractivity contribution is 7.86. The van der Waals surface area contributed by atoms with Crippen LogP contribution in [0, 0.1) is 0 Å². The van der Waals surface area contributed by atoms with Crippen LogP contribution in [0.15, 0.2) is 65.7 Å². The number of fused-ring (bicyclic) bond motifs is 1. The molecule has 0 heterocycles. The summed E-state index contributed by atoms with van der Waals surface area (Å²) in [5.74, 6) is -1.60. The topological polar surface area (TPSA) is 230 Å². The van der Waals surface area contributed by atoms with Crippen LogP contribution in [0.5, 0.6) is 5.75 Å². The maximum absolute atomic E-state index is 11.3. The number of rotatable bonds is 17. The SMILES string of the molecule is CCOC(CCCc1ccc(NCc2ccc3cc(OS(C)(=O)=O)ccc3c2)cc1)C(=O)O.NC(N)=NCCCC(N)C(=O)O. The van der Waals surface area contributed by atoms with Crippen LogP contribution in [-0.4, -0.2) is 68.1 Å². The molecule has 2 unspecified atom stereocenters. The second-order valence-corrected chi connectivity index (χ2v) is 11.8. The molecule has 0 saturated carbocycles. The van der Waals surface area contributed by atoms with Gasteiger partial charge in [-0.15, -0.1) is 0 Å². The number of aliphatic carboxylic acids is 2. The number of nitrogens with one attached hydrogen (secondary N) is 1. The second-order valence-electron chi connectivity index (χ2n) is 10.2. The highest BCUT2D eigenvalue weighted by Crippen LogP contribution is 2.23. The Bertz CT molecular complexity index is 1530. The molecule has 0 saturated heterocycles. The van der Waals surface area contributed by atoms with Gasteiger partial charge in [-0.2, -0.15) is 8.42 Å². The van der Waals surface area contributed by atoms with E-state index in [-0.39, 0.29) is 5.96 Å². The van der Waals surface area contributed by atoms with Gasteiger partial charge in [0.25, 0.3) is 0 Å². The molecule has 0 aromatic heterocycles. The van der Waals surface area contributed by atoms with Crippen LogP contribution in [0.1, 0.15) is 43.7 Å². The number of aryl methyl sites for hydroxylation is 1. The van der Waals surface area contributed by atoms with Crippen molar-refractivity contribution in [1.82, 2.24) is 0 Å². The van der Waals surface area contributed by atoms with Crippen LogP contribution in [0.25, 0.3) is 10.8 Å². The molecule has 9 N–H and O–H groups in total. The van der Waals surface area contributed by atoms with Crippen molar-refractivity contribution in [3.8, 4) is 5.75 Å². The molecule has 0 amide bonds. The molecular weight excluding hydrogens is 602 g/mol. The Balaban J connectivity index is 0.000000498. The molecule has 0 aliphatic carbocycles. The lowest BCUT2D eigenvalue weighted by Crippen LogP contribution is -2.30. The number of ether oxygens (including phenoxy) is 1. The van der Waals surface area contributed by atoms with E-state index in [2.05, 4.69) is 16.4 Å². The minimum absolute atomic E-state index is 0.0129. The van der Waals surface area contributed by atoms with E-state index in [4.69, 9.17) is 36.3 Å². The molecule has 0 spiro atoms. The number of nitrogens with two attached hydrogens (primary N) is 3. The fourth-order valence-electron chi connectivity index (χ4n) is 4.22. The zero-order valence-electron chi connectivity index (χ0n) is 25.5. The third-order valence-electron chi connectivity index (χ3n) is 6.43. The minimum Gasteiger partial charge on any atom is -0.480 e. The van der Waals surface area contributed by atoms with Gasteiger partial charge in [-0.25, -0.2) is 4.79 Å². The number of aliphatic imine (C=N–C) groups is 1. The van der Waals surface area contributed by atoms with Crippen molar-refractivity contribution in [1.29, 1.82) is 0 Å². The summed E-state index contributed by atoms with van der Waals surface area (Å²) in [6, 6.07) is 18.5. The lowest BCUT2D eigenvalue weighted by molar-refractivity contribution is -0.150. The Kier molecular flexibility index (Phi) is 15.1. The van der Waals surface area contributed by atoms with Gasteiger partial charge in [-0.05, 0) is 91.3 Å². The lowest BCUT2D eigenvalue weighted by atomic mass is 10.0. The molecule has 2 atom stereocenters. The molecular formula is C31H43N5O8S. The number of nitrogens with zero attached hydrogens (tertiary/aromatic N) is 1. The highest BCUT2D eigenvalue weighted by atomic mass is 32.2. The van der Waals surface area contributed by atoms with Crippen LogP contribution < -0.4 is 26.7 Å². The fraction of sp³-hybridized carbons (Fsp3) is 0.387. The van der Waals surface area contributed by atoms with E-state index in [1.165, 1.54) is 0 Å². The first-order valence-corrected chi connectivity index (χ1v) is 16.2. The van der Waals surface area contributed by atoms with E-state index in [9.17, 15) is 18.0 Å². The molecule has 0 bridgehead atoms. The van der Waals surface area contributed by atoms with Crippen molar-refractivity contribution in [2.24, 2.45) is 22.2 Å². The molecule has 246 valence electrons. The maximum atomic E-state index is 11.3. The van der Waals surface area contributed by atoms with Crippen LogP contribution in [0.4, 0.5) is 5.69 Å². The Labute approximate surface area is 263 Å². The van der Waals surface area contributed by atoms with Gasteiger partial charge < -0.3 is 41.7 Å². The number of benzene rings is 3. The van der Waals surface area contributed by atoms with E-state index >= 15 is 0 Å². The molecule has 13 nitrogen and oxygen atoms in total. The monoisotopic (exact) mass is 645 g/mol. The van der Waals surface area contributed by atoms with Crippen molar-refractivity contribution in [3.05, 3.63) is 71.8 Å². The first kappa shape index (κ1) is 36.8. The first-order chi connectivity index (χ1) is 21.3. The quantitative estimate of drug-likeness (QED) is 0.0538. The summed E-state index contributed by atoms with van der Waals surface area (Å²) in [6.07, 6.45) is 3.28. The second kappa shape index (κ2) is 18.4. The predicted octanol–water partition coefficient (Wildman–Crippen LogP) is 3.05. The summed E-state index contributed by atoms with van der Waals surface area (Å²) in [7, 11) is -3.55. The Morgan fingerprint density at radius 1 is 0.911 bits per heavy atom. The maximum Gasteiger partial charge on any atom is 0.332 e. The number of anilines is 1. The number of guanidine groups is 1. The number of hydrogen-bond acceptors (Lipinski definition) is 9. The van der Waals surface area contributed by atoms with E-state index in [0.29, 0.717) is 44.7 Å². The summed E-state index contributed by atoms with van der Waals surface area (Å²) < 4.78 is 32.8. The van der Waals surface area contributed by atoms with Crippen molar-refractivity contribution in [2.45, 2.75) is 57.7 Å². The fourth-order valence-corrected chi connectivity index (χ4v) is 4.67. The van der Waals surface area contributed by atoms with Crippen LogP contribution in [-0.2, 0) is 37.4 Å². The number of carboxylic acids is 2. The van der Waals surface area contributed by atoms with Crippen LogP contribution >= 0.6 is 0 Å². The smallest absolute Gasteiger partial charge is 0.332 e. The van der Waals surface area contributed by atoms with Gasteiger partial charge in [0.15, 0.2) is 12.1 Å². The summed E-state index contributed by atoms with van der Waals surface area (Å²) in [5.41, 5.74) is 18.6. The van der Waals surface area contributed by atoms with Crippen molar-refractivity contribution in [2.75, 3.05) is 24.7 Å². The predicted molar refractivity (Wildman–Crippen MR) is 175 cm³/mol. The Hall–Kier alpha value is -4.40. The number of hydrogen-bond donors (Lipinski definition) is 6. The third kappa shape index (κ3) is 14.8. The first-order valence-electron chi connectivity index (χ1n) is 14.4. The zero-order chi connectivity index (χ0) is 33.4. The number of carboxylic acid groups (broad SMARTS) is 2. The molecule has 14 heteroatoms. The minimum atomic E-state index is -3.55. The third-order valence-corrected chi connectivity index (χ3v) is 6.93. The van der Waals surface area contributed by atoms with Gasteiger partial charge in [0, 0.05) is 25.4 Å². The van der Waals surface area contributed by atoms with Gasteiger partial charge in [-0.1, -0.05) is 30.3 Å². The van der Waals surface area contributed by atoms with Crippen LogP contribution in [0.3, 0.4) is 0 Å². The van der Waals surface area contributed by atoms with E-state index in [1.807, 2.05) is 42.5 Å². The number of carbonyl (C=O) groups is 2. The molecule has 3 rings (SSSR count). The van der Waals surface area contributed by atoms with Gasteiger partial charge >= 0.3 is 22.1 Å². The molecule has 3 aromatic rings. The Morgan fingerprint density at radius 3 is 2.16 bits per heavy atom. The van der Waals surface area contributed by atoms with Gasteiger partial charge in [-0.3, -0.25) is 9.79 Å². The summed E-state index contributed by atoms with van der Waals surface area (Å²) in [4.78, 5) is 25.0. The lowest BCUT2D eigenvalue weighted by Gasteiger charge is -2.12. The van der Waals surface area contributed by atoms with Gasteiger partial charge in [0.2, 0.25) is 0 Å². The Morgan fingerprint density at radius 2 is 1.56 bits per heavy atom. The van der Waals surface area contributed by atoms with Gasteiger partial charge in [0.1, 0.15) is 11.8 Å². The highest BCUT2D eigenvalue weighted by Gasteiger charge is 2.16.